The van der Waals surface area contributed by atoms with Gasteiger partial charge in [-0.25, -0.2) is 23.8 Å². The van der Waals surface area contributed by atoms with Gasteiger partial charge in [-0.3, -0.25) is 14.5 Å². The average Bonchev–Trinajstić information content (AvgIpc) is 3.82. The largest absolute Gasteiger partial charge is 0.490 e. The number of aryl methyl sites for hydroxylation is 2. The van der Waals surface area contributed by atoms with E-state index in [1.165, 1.54) is 23.5 Å². The number of carboxylic acids is 1. The van der Waals surface area contributed by atoms with Gasteiger partial charge in [-0.1, -0.05) is 28.9 Å². The van der Waals surface area contributed by atoms with E-state index in [2.05, 4.69) is 20.4 Å². The third-order valence-electron chi connectivity index (χ3n) is 7.29. The molecular formula is C31H26ClF4N5O6S. The first-order valence-corrected chi connectivity index (χ1v) is 15.7. The minimum absolute atomic E-state index is 0.143. The molecule has 0 bridgehead atoms. The molecule has 1 atom stereocenters. The number of nitrogens with zero attached hydrogens (tertiary/aromatic N) is 3. The maximum atomic E-state index is 13.7. The van der Waals surface area contributed by atoms with Crippen LogP contribution in [0, 0.1) is 5.82 Å². The fourth-order valence-electron chi connectivity index (χ4n) is 5.22. The molecule has 4 aromatic heterocycles. The van der Waals surface area contributed by atoms with Crippen molar-refractivity contribution in [1.29, 1.82) is 0 Å². The highest BCUT2D eigenvalue weighted by Crippen LogP contribution is 2.45. The molecule has 0 unspecified atom stereocenters. The van der Waals surface area contributed by atoms with Gasteiger partial charge in [0, 0.05) is 16.6 Å². The Morgan fingerprint density at radius 2 is 1.90 bits per heavy atom. The zero-order chi connectivity index (χ0) is 34.6. The number of ether oxygens (including phenoxy) is 1. The van der Waals surface area contributed by atoms with Gasteiger partial charge in [-0.15, -0.1) is 11.3 Å². The van der Waals surface area contributed by atoms with Crippen molar-refractivity contribution in [2.45, 2.75) is 44.8 Å². The predicted octanol–water partition coefficient (Wildman–Crippen LogP) is 6.51. The number of hydrogen-bond acceptors (Lipinski definition) is 10. The Balaban J connectivity index is 0.000000582. The van der Waals surface area contributed by atoms with Gasteiger partial charge < -0.3 is 15.2 Å². The zero-order valence-electron chi connectivity index (χ0n) is 25.0. The normalized spacial score (nSPS) is 14.5. The SMILES string of the molecule is CCOC(=O)c1c([C@@H]2CCCN2)nc(CCc2ccc(F)cc2)c(-c2noc(=O)[nH]2)c1-c1cc2ccnc(Cl)c2s1.O=C(O)C(F)(F)F. The number of fused-ring (bicyclic) bond motifs is 1. The molecule has 252 valence electrons. The van der Waals surface area contributed by atoms with E-state index in [4.69, 9.17) is 35.7 Å². The lowest BCUT2D eigenvalue weighted by Crippen LogP contribution is -2.22. The summed E-state index contributed by atoms with van der Waals surface area (Å²) in [5.74, 6) is -4.20. The number of pyridine rings is 2. The number of H-pyrrole nitrogens is 1. The van der Waals surface area contributed by atoms with E-state index < -0.39 is 23.9 Å². The molecule has 5 heterocycles. The minimum Gasteiger partial charge on any atom is -0.475 e. The van der Waals surface area contributed by atoms with Gasteiger partial charge in [0.1, 0.15) is 11.0 Å². The second-order valence-corrected chi connectivity index (χ2v) is 11.9. The van der Waals surface area contributed by atoms with Crippen molar-refractivity contribution in [3.63, 3.8) is 0 Å². The van der Waals surface area contributed by atoms with Crippen LogP contribution in [0.3, 0.4) is 0 Å². The second kappa shape index (κ2) is 14.6. The number of benzene rings is 1. The molecule has 11 nitrogen and oxygen atoms in total. The Kier molecular flexibility index (Phi) is 10.6. The monoisotopic (exact) mass is 707 g/mol. The molecule has 0 aliphatic carbocycles. The first-order chi connectivity index (χ1) is 22.9. The molecule has 0 saturated carbocycles. The molecule has 5 aromatic rings. The van der Waals surface area contributed by atoms with Crippen molar-refractivity contribution in [3.05, 3.63) is 86.6 Å². The summed E-state index contributed by atoms with van der Waals surface area (Å²) >= 11 is 7.82. The Bertz CT molecular complexity index is 2010. The van der Waals surface area contributed by atoms with Crippen molar-refractivity contribution in [2.75, 3.05) is 13.2 Å². The van der Waals surface area contributed by atoms with Gasteiger partial charge in [0.2, 0.25) is 0 Å². The summed E-state index contributed by atoms with van der Waals surface area (Å²) in [6.07, 6.45) is -0.799. The molecule has 1 aromatic carbocycles. The Morgan fingerprint density at radius 3 is 2.48 bits per heavy atom. The Labute approximate surface area is 277 Å². The third kappa shape index (κ3) is 7.72. The van der Waals surface area contributed by atoms with Crippen LogP contribution in [0.2, 0.25) is 5.15 Å². The number of esters is 1. The number of halogens is 5. The molecule has 1 saturated heterocycles. The summed E-state index contributed by atoms with van der Waals surface area (Å²) in [4.78, 5) is 47.4. The highest BCUT2D eigenvalue weighted by Gasteiger charge is 2.38. The lowest BCUT2D eigenvalue weighted by Gasteiger charge is -2.22. The van der Waals surface area contributed by atoms with Crippen molar-refractivity contribution in [3.8, 4) is 21.8 Å². The van der Waals surface area contributed by atoms with Crippen molar-refractivity contribution >= 4 is 45.0 Å². The topological polar surface area (TPSA) is 160 Å². The average molecular weight is 708 g/mol. The number of alkyl halides is 3. The van der Waals surface area contributed by atoms with Crippen LogP contribution < -0.4 is 11.1 Å². The molecule has 48 heavy (non-hydrogen) atoms. The standard InChI is InChI=1S/C29H25ClFN5O4S.C2HF3O2/c1-2-39-28(37)23-22(20-14-16-11-13-33-26(30)25(16)41-20)21(27-35-29(38)40-36-27)18(34-24(23)19-4-3-12-32-19)10-7-15-5-8-17(31)9-6-15;3-2(4,5)1(6)7/h5-6,8-9,11,13-14,19,32H,2-4,7,10,12H2,1H3,(H,35,36,38);(H,6,7)/t19-;/m0./s1. The molecular weight excluding hydrogens is 682 g/mol. The van der Waals surface area contributed by atoms with Gasteiger partial charge in [-0.2, -0.15) is 13.2 Å². The number of carbonyl (C=O) groups is 2. The molecule has 17 heteroatoms. The number of aromatic amines is 1. The van der Waals surface area contributed by atoms with Crippen LogP contribution in [0.1, 0.15) is 53.1 Å². The molecule has 6 rings (SSSR count). The van der Waals surface area contributed by atoms with Crippen LogP contribution in [0.25, 0.3) is 31.9 Å². The number of aromatic nitrogens is 4. The van der Waals surface area contributed by atoms with Crippen LogP contribution >= 0.6 is 22.9 Å². The lowest BCUT2D eigenvalue weighted by molar-refractivity contribution is -0.192. The second-order valence-electron chi connectivity index (χ2n) is 10.4. The Morgan fingerprint density at radius 1 is 1.17 bits per heavy atom. The maximum Gasteiger partial charge on any atom is 0.490 e. The number of carbonyl (C=O) groups excluding carboxylic acids is 1. The summed E-state index contributed by atoms with van der Waals surface area (Å²) in [6.45, 7) is 2.70. The molecule has 0 amide bonds. The number of carboxylic acid groups (broad SMARTS) is 1. The lowest BCUT2D eigenvalue weighted by atomic mass is 9.91. The van der Waals surface area contributed by atoms with Crippen LogP contribution in [-0.2, 0) is 22.4 Å². The van der Waals surface area contributed by atoms with Gasteiger partial charge in [0.05, 0.1) is 39.9 Å². The van der Waals surface area contributed by atoms with Crippen molar-refractivity contribution in [2.24, 2.45) is 0 Å². The first kappa shape index (κ1) is 34.7. The quantitative estimate of drug-likeness (QED) is 0.0921. The van der Waals surface area contributed by atoms with Crippen molar-refractivity contribution < 1.29 is 41.5 Å². The maximum absolute atomic E-state index is 13.7. The summed E-state index contributed by atoms with van der Waals surface area (Å²) in [7, 11) is 0. The van der Waals surface area contributed by atoms with Gasteiger partial charge in [0.15, 0.2) is 5.82 Å². The zero-order valence-corrected chi connectivity index (χ0v) is 26.6. The highest BCUT2D eigenvalue weighted by molar-refractivity contribution is 7.22. The molecule has 1 aliphatic heterocycles. The smallest absolute Gasteiger partial charge is 0.475 e. The molecule has 3 N–H and O–H groups in total. The summed E-state index contributed by atoms with van der Waals surface area (Å²) in [5, 5.41) is 15.8. The number of aliphatic carboxylic acids is 1. The highest BCUT2D eigenvalue weighted by atomic mass is 35.5. The summed E-state index contributed by atoms with van der Waals surface area (Å²) in [6, 6.07) is 9.88. The molecule has 0 spiro atoms. The summed E-state index contributed by atoms with van der Waals surface area (Å²) < 4.78 is 56.5. The van der Waals surface area contributed by atoms with Crippen LogP contribution in [0.5, 0.6) is 0 Å². The van der Waals surface area contributed by atoms with E-state index in [0.717, 1.165) is 35.0 Å². The van der Waals surface area contributed by atoms with Gasteiger partial charge in [0.25, 0.3) is 0 Å². The minimum atomic E-state index is -5.08. The third-order valence-corrected chi connectivity index (χ3v) is 8.86. The van der Waals surface area contributed by atoms with E-state index in [1.807, 2.05) is 12.1 Å². The number of thiophene rings is 1. The number of rotatable bonds is 8. The molecule has 0 radical (unpaired) electrons. The molecule has 1 fully saturated rings. The fraction of sp³-hybridized carbons (Fsp3) is 0.290. The number of nitrogens with one attached hydrogen (secondary N) is 2. The van der Waals surface area contributed by atoms with E-state index in [1.54, 1.807) is 25.3 Å². The fourth-order valence-corrected chi connectivity index (χ4v) is 6.60. The first-order valence-electron chi connectivity index (χ1n) is 14.5. The van der Waals surface area contributed by atoms with Crippen molar-refractivity contribution in [1.82, 2.24) is 25.4 Å². The Hall–Kier alpha value is -4.67. The summed E-state index contributed by atoms with van der Waals surface area (Å²) in [5.41, 5.74) is 3.36. The van der Waals surface area contributed by atoms with Gasteiger partial charge >= 0.3 is 23.9 Å². The van der Waals surface area contributed by atoms with E-state index >= 15 is 0 Å². The van der Waals surface area contributed by atoms with Crippen LogP contribution in [0.15, 0.2) is 51.9 Å². The van der Waals surface area contributed by atoms with Gasteiger partial charge in [-0.05, 0) is 74.4 Å². The molecule has 1 aliphatic rings. The van der Waals surface area contributed by atoms with E-state index in [-0.39, 0.29) is 24.3 Å². The van der Waals surface area contributed by atoms with Crippen LogP contribution in [-0.4, -0.2) is 56.5 Å². The van der Waals surface area contributed by atoms with E-state index in [0.29, 0.717) is 51.0 Å². The number of hydrogen-bond donors (Lipinski definition) is 3. The van der Waals surface area contributed by atoms with Crippen LogP contribution in [0.4, 0.5) is 17.6 Å². The predicted molar refractivity (Wildman–Crippen MR) is 167 cm³/mol. The van der Waals surface area contributed by atoms with E-state index in [9.17, 15) is 27.2 Å².